The molecule has 0 radical (unpaired) electrons. The Morgan fingerprint density at radius 1 is 1.29 bits per heavy atom. The first-order valence-corrected chi connectivity index (χ1v) is 6.88. The molecule has 0 fully saturated rings. The summed E-state index contributed by atoms with van der Waals surface area (Å²) in [7, 11) is 1.31. The fraction of sp³-hybridized carbons (Fsp3) is 0.375. The van der Waals surface area contributed by atoms with Gasteiger partial charge in [-0.2, -0.15) is 0 Å². The second-order valence-corrected chi connectivity index (χ2v) is 5.33. The van der Waals surface area contributed by atoms with Gasteiger partial charge in [0, 0.05) is 5.39 Å². The predicted octanol–water partition coefficient (Wildman–Crippen LogP) is 2.75. The Balaban J connectivity index is 2.15. The van der Waals surface area contributed by atoms with Crippen molar-refractivity contribution in [2.45, 2.75) is 26.3 Å². The maximum Gasteiger partial charge on any atom is 0.328 e. The summed E-state index contributed by atoms with van der Waals surface area (Å²) >= 11 is 0. The number of hydrogen-bond acceptors (Lipinski definition) is 4. The molecule has 2 rings (SSSR count). The van der Waals surface area contributed by atoms with Crippen LogP contribution >= 0.6 is 0 Å². The Kier molecular flexibility index (Phi) is 4.62. The molecule has 0 saturated heterocycles. The van der Waals surface area contributed by atoms with E-state index in [1.165, 1.54) is 7.11 Å². The smallest absolute Gasteiger partial charge is 0.328 e. The Bertz CT molecular complexity index is 612. The first-order chi connectivity index (χ1) is 10.0. The normalized spacial score (nSPS) is 12.4. The summed E-state index contributed by atoms with van der Waals surface area (Å²) in [6.45, 7) is 3.95. The molecule has 1 unspecified atom stereocenters. The van der Waals surface area contributed by atoms with Crippen LogP contribution in [-0.2, 0) is 9.53 Å². The van der Waals surface area contributed by atoms with Gasteiger partial charge in [-0.1, -0.05) is 32.0 Å². The van der Waals surface area contributed by atoms with E-state index >= 15 is 0 Å². The number of nitrogens with one attached hydrogen (secondary N) is 1. The van der Waals surface area contributed by atoms with Gasteiger partial charge in [0.25, 0.3) is 5.91 Å². The molecule has 0 aliphatic carbocycles. The Morgan fingerprint density at radius 2 is 2.00 bits per heavy atom. The molecule has 0 aliphatic rings. The number of hydrogen-bond donors (Lipinski definition) is 1. The highest BCUT2D eigenvalue weighted by Crippen LogP contribution is 2.19. The standard InChI is InChI=1S/C16H19NO4/c1-10(2)8-12(16(19)20-3)17-15(18)14-9-11-6-4-5-7-13(11)21-14/h4-7,9-10,12H,8H2,1-3H3,(H,17,18). The van der Waals surface area contributed by atoms with E-state index in [1.807, 2.05) is 32.0 Å². The zero-order valence-corrected chi connectivity index (χ0v) is 12.4. The molecule has 112 valence electrons. The molecule has 0 saturated carbocycles. The van der Waals surface area contributed by atoms with Gasteiger partial charge in [-0.3, -0.25) is 4.79 Å². The van der Waals surface area contributed by atoms with E-state index < -0.39 is 17.9 Å². The van der Waals surface area contributed by atoms with Crippen LogP contribution in [0.4, 0.5) is 0 Å². The van der Waals surface area contributed by atoms with Crippen molar-refractivity contribution < 1.29 is 18.7 Å². The van der Waals surface area contributed by atoms with Crippen molar-refractivity contribution in [3.63, 3.8) is 0 Å². The van der Waals surface area contributed by atoms with Gasteiger partial charge in [0.15, 0.2) is 5.76 Å². The topological polar surface area (TPSA) is 68.5 Å². The van der Waals surface area contributed by atoms with Crippen molar-refractivity contribution >= 4 is 22.8 Å². The third-order valence-corrected chi connectivity index (χ3v) is 3.15. The zero-order valence-electron chi connectivity index (χ0n) is 12.4. The molecule has 5 heteroatoms. The first kappa shape index (κ1) is 15.1. The SMILES string of the molecule is COC(=O)C(CC(C)C)NC(=O)c1cc2ccccc2o1. The van der Waals surface area contributed by atoms with Gasteiger partial charge in [0.2, 0.25) is 0 Å². The summed E-state index contributed by atoms with van der Waals surface area (Å²) in [5, 5.41) is 3.52. The molecule has 1 aromatic heterocycles. The molecule has 2 aromatic rings. The fourth-order valence-corrected chi connectivity index (χ4v) is 2.15. The minimum Gasteiger partial charge on any atom is -0.467 e. The number of rotatable bonds is 5. The number of carbonyl (C=O) groups excluding carboxylic acids is 2. The van der Waals surface area contributed by atoms with E-state index in [9.17, 15) is 9.59 Å². The minimum atomic E-state index is -0.671. The number of carbonyl (C=O) groups is 2. The molecule has 1 N–H and O–H groups in total. The lowest BCUT2D eigenvalue weighted by molar-refractivity contribution is -0.143. The summed E-state index contributed by atoms with van der Waals surface area (Å²) in [5.74, 6) is -0.422. The van der Waals surface area contributed by atoms with Crippen LogP contribution in [0.1, 0.15) is 30.8 Å². The fourth-order valence-electron chi connectivity index (χ4n) is 2.15. The Labute approximate surface area is 123 Å². The van der Waals surface area contributed by atoms with Gasteiger partial charge in [-0.05, 0) is 24.5 Å². The van der Waals surface area contributed by atoms with Gasteiger partial charge in [-0.25, -0.2) is 4.79 Å². The number of furan rings is 1. The third-order valence-electron chi connectivity index (χ3n) is 3.15. The molecule has 1 atom stereocenters. The molecule has 5 nitrogen and oxygen atoms in total. The van der Waals surface area contributed by atoms with Crippen LogP contribution < -0.4 is 5.32 Å². The summed E-state index contributed by atoms with van der Waals surface area (Å²) in [6, 6.07) is 8.35. The number of para-hydroxylation sites is 1. The number of benzene rings is 1. The molecule has 1 heterocycles. The number of esters is 1. The maximum absolute atomic E-state index is 12.2. The van der Waals surface area contributed by atoms with Crippen molar-refractivity contribution in [2.75, 3.05) is 7.11 Å². The number of fused-ring (bicyclic) bond motifs is 1. The summed E-state index contributed by atoms with van der Waals surface area (Å²) in [6.07, 6.45) is 0.513. The van der Waals surface area contributed by atoms with Crippen LogP contribution in [0.3, 0.4) is 0 Å². The highest BCUT2D eigenvalue weighted by Gasteiger charge is 2.24. The van der Waals surface area contributed by atoms with Gasteiger partial charge >= 0.3 is 5.97 Å². The van der Waals surface area contributed by atoms with Gasteiger partial charge in [0.05, 0.1) is 7.11 Å². The van der Waals surface area contributed by atoms with Crippen molar-refractivity contribution in [1.82, 2.24) is 5.32 Å². The molecule has 0 bridgehead atoms. The Morgan fingerprint density at radius 3 is 2.62 bits per heavy atom. The molecule has 21 heavy (non-hydrogen) atoms. The highest BCUT2D eigenvalue weighted by molar-refractivity contribution is 5.98. The molecule has 1 aromatic carbocycles. The van der Waals surface area contributed by atoms with Crippen LogP contribution in [0.5, 0.6) is 0 Å². The number of methoxy groups -OCH3 is 1. The monoisotopic (exact) mass is 289 g/mol. The van der Waals surface area contributed by atoms with Crippen molar-refractivity contribution in [2.24, 2.45) is 5.92 Å². The minimum absolute atomic E-state index is 0.189. The summed E-state index contributed by atoms with van der Waals surface area (Å²) < 4.78 is 10.2. The number of amides is 1. The average molecular weight is 289 g/mol. The first-order valence-electron chi connectivity index (χ1n) is 6.88. The second-order valence-electron chi connectivity index (χ2n) is 5.33. The van der Waals surface area contributed by atoms with Crippen LogP contribution in [0.2, 0.25) is 0 Å². The summed E-state index contributed by atoms with van der Waals surface area (Å²) in [4.78, 5) is 23.9. The van der Waals surface area contributed by atoms with Crippen molar-refractivity contribution in [3.8, 4) is 0 Å². The maximum atomic E-state index is 12.2. The van der Waals surface area contributed by atoms with E-state index in [4.69, 9.17) is 9.15 Å². The van der Waals surface area contributed by atoms with Gasteiger partial charge < -0.3 is 14.5 Å². The summed E-state index contributed by atoms with van der Waals surface area (Å²) in [5.41, 5.74) is 0.640. The van der Waals surface area contributed by atoms with Crippen LogP contribution in [-0.4, -0.2) is 25.0 Å². The lowest BCUT2D eigenvalue weighted by Gasteiger charge is -2.17. The van der Waals surface area contributed by atoms with Crippen LogP contribution in [0.25, 0.3) is 11.0 Å². The highest BCUT2D eigenvalue weighted by atomic mass is 16.5. The van der Waals surface area contributed by atoms with E-state index in [0.717, 1.165) is 5.39 Å². The lowest BCUT2D eigenvalue weighted by Crippen LogP contribution is -2.42. The van der Waals surface area contributed by atoms with Gasteiger partial charge in [0.1, 0.15) is 11.6 Å². The largest absolute Gasteiger partial charge is 0.467 e. The molecule has 0 spiro atoms. The predicted molar refractivity (Wildman–Crippen MR) is 78.9 cm³/mol. The van der Waals surface area contributed by atoms with E-state index in [-0.39, 0.29) is 11.7 Å². The number of ether oxygens (including phenoxy) is 1. The van der Waals surface area contributed by atoms with Crippen molar-refractivity contribution in [1.29, 1.82) is 0 Å². The molecular weight excluding hydrogens is 270 g/mol. The molecule has 0 aliphatic heterocycles. The lowest BCUT2D eigenvalue weighted by atomic mass is 10.0. The van der Waals surface area contributed by atoms with E-state index in [0.29, 0.717) is 12.0 Å². The molecule has 1 amide bonds. The van der Waals surface area contributed by atoms with Crippen molar-refractivity contribution in [3.05, 3.63) is 36.1 Å². The Hall–Kier alpha value is -2.30. The molecular formula is C16H19NO4. The zero-order chi connectivity index (χ0) is 15.4. The average Bonchev–Trinajstić information content (AvgIpc) is 2.89. The van der Waals surface area contributed by atoms with Crippen LogP contribution in [0, 0.1) is 5.92 Å². The van der Waals surface area contributed by atoms with Gasteiger partial charge in [-0.15, -0.1) is 0 Å². The van der Waals surface area contributed by atoms with E-state index in [2.05, 4.69) is 5.32 Å². The second kappa shape index (κ2) is 6.43. The quantitative estimate of drug-likeness (QED) is 0.859. The third kappa shape index (κ3) is 3.62. The van der Waals surface area contributed by atoms with E-state index in [1.54, 1.807) is 12.1 Å². The van der Waals surface area contributed by atoms with Crippen LogP contribution in [0.15, 0.2) is 34.7 Å².